The van der Waals surface area contributed by atoms with Crippen LogP contribution in [0.15, 0.2) is 47.8 Å². The van der Waals surface area contributed by atoms with Crippen LogP contribution >= 0.6 is 23.7 Å². The Morgan fingerprint density at radius 3 is 2.54 bits per heavy atom. The van der Waals surface area contributed by atoms with Crippen LogP contribution in [-0.4, -0.2) is 36.2 Å². The fraction of sp³-hybridized carbons (Fsp3) is 0.474. The summed E-state index contributed by atoms with van der Waals surface area (Å²) in [5.41, 5.74) is 1.32. The number of hydrogen-bond donors (Lipinski definition) is 2. The van der Waals surface area contributed by atoms with E-state index in [0.29, 0.717) is 6.54 Å². The minimum absolute atomic E-state index is 0. The number of hydrogen-bond acceptors (Lipinski definition) is 4. The van der Waals surface area contributed by atoms with Crippen LogP contribution in [0.4, 0.5) is 0 Å². The van der Waals surface area contributed by atoms with Crippen molar-refractivity contribution in [1.29, 1.82) is 0 Å². The SMILES string of the molecule is Cl.OC(CN(Cc1ccccc1)CC1CCNCC1)c1cccs1. The molecule has 2 heterocycles. The van der Waals surface area contributed by atoms with E-state index in [9.17, 15) is 5.11 Å². The minimum atomic E-state index is -0.388. The van der Waals surface area contributed by atoms with Crippen molar-refractivity contribution in [2.75, 3.05) is 26.2 Å². The Labute approximate surface area is 155 Å². The second-order valence-corrected chi connectivity index (χ2v) is 7.38. The van der Waals surface area contributed by atoms with Crippen LogP contribution in [-0.2, 0) is 6.54 Å². The normalized spacial score (nSPS) is 16.8. The predicted octanol–water partition coefficient (Wildman–Crippen LogP) is 3.71. The standard InChI is InChI=1S/C19H26N2OS.ClH/c22-18(19-7-4-12-23-19)15-21(13-16-5-2-1-3-6-16)14-17-8-10-20-11-9-17;/h1-7,12,17-18,20,22H,8-11,13-15H2;1H. The average molecular weight is 367 g/mol. The molecule has 0 saturated carbocycles. The number of halogens is 1. The number of nitrogens with zero attached hydrogens (tertiary/aromatic N) is 1. The molecule has 0 radical (unpaired) electrons. The van der Waals surface area contributed by atoms with Crippen molar-refractivity contribution >= 4 is 23.7 Å². The maximum absolute atomic E-state index is 10.5. The van der Waals surface area contributed by atoms with Crippen LogP contribution in [0.2, 0.25) is 0 Å². The topological polar surface area (TPSA) is 35.5 Å². The van der Waals surface area contributed by atoms with Crippen LogP contribution in [0, 0.1) is 5.92 Å². The Balaban J connectivity index is 0.00000208. The third-order valence-corrected chi connectivity index (χ3v) is 5.50. The molecule has 24 heavy (non-hydrogen) atoms. The van der Waals surface area contributed by atoms with E-state index < -0.39 is 0 Å². The molecule has 0 amide bonds. The van der Waals surface area contributed by atoms with Gasteiger partial charge in [0.25, 0.3) is 0 Å². The maximum atomic E-state index is 10.5. The van der Waals surface area contributed by atoms with Crippen molar-refractivity contribution in [2.45, 2.75) is 25.5 Å². The van der Waals surface area contributed by atoms with E-state index in [4.69, 9.17) is 0 Å². The molecule has 1 saturated heterocycles. The number of nitrogens with one attached hydrogen (secondary N) is 1. The second-order valence-electron chi connectivity index (χ2n) is 6.40. The number of rotatable bonds is 7. The van der Waals surface area contributed by atoms with Gasteiger partial charge in [0.1, 0.15) is 6.10 Å². The Kier molecular flexibility index (Phi) is 8.22. The molecule has 0 bridgehead atoms. The zero-order valence-electron chi connectivity index (χ0n) is 13.9. The molecule has 2 aromatic rings. The van der Waals surface area contributed by atoms with Crippen molar-refractivity contribution in [2.24, 2.45) is 5.92 Å². The molecule has 0 spiro atoms. The highest BCUT2D eigenvalue weighted by atomic mass is 35.5. The summed E-state index contributed by atoms with van der Waals surface area (Å²) in [5.74, 6) is 0.732. The Hall–Kier alpha value is -0.910. The van der Waals surface area contributed by atoms with Gasteiger partial charge in [-0.15, -0.1) is 23.7 Å². The van der Waals surface area contributed by atoms with Crippen molar-refractivity contribution in [3.05, 3.63) is 58.3 Å². The molecule has 1 aromatic heterocycles. The summed E-state index contributed by atoms with van der Waals surface area (Å²) >= 11 is 1.64. The summed E-state index contributed by atoms with van der Waals surface area (Å²) in [6.07, 6.45) is 2.08. The van der Waals surface area contributed by atoms with Crippen LogP contribution in [0.5, 0.6) is 0 Å². The number of thiophene rings is 1. The van der Waals surface area contributed by atoms with Gasteiger partial charge in [0, 0.05) is 24.5 Å². The van der Waals surface area contributed by atoms with Gasteiger partial charge in [0.05, 0.1) is 0 Å². The summed E-state index contributed by atoms with van der Waals surface area (Å²) in [7, 11) is 0. The summed E-state index contributed by atoms with van der Waals surface area (Å²) in [4.78, 5) is 3.49. The van der Waals surface area contributed by atoms with Crippen LogP contribution < -0.4 is 5.32 Å². The van der Waals surface area contributed by atoms with E-state index in [1.54, 1.807) is 11.3 Å². The first kappa shape index (κ1) is 19.4. The van der Waals surface area contributed by atoms with Gasteiger partial charge in [0.2, 0.25) is 0 Å². The molecule has 1 atom stereocenters. The molecule has 1 aliphatic rings. The molecule has 0 aliphatic carbocycles. The van der Waals surface area contributed by atoms with Gasteiger partial charge in [-0.2, -0.15) is 0 Å². The Morgan fingerprint density at radius 1 is 1.12 bits per heavy atom. The van der Waals surface area contributed by atoms with Crippen LogP contribution in [0.3, 0.4) is 0 Å². The highest BCUT2D eigenvalue weighted by molar-refractivity contribution is 7.10. The lowest BCUT2D eigenvalue weighted by atomic mass is 9.97. The third kappa shape index (κ3) is 5.87. The summed E-state index contributed by atoms with van der Waals surface area (Å²) in [6, 6.07) is 14.6. The van der Waals surface area contributed by atoms with E-state index in [-0.39, 0.29) is 18.5 Å². The molecular formula is C19H27ClN2OS. The highest BCUT2D eigenvalue weighted by Crippen LogP contribution is 2.22. The molecule has 3 rings (SSSR count). The molecule has 1 aromatic carbocycles. The lowest BCUT2D eigenvalue weighted by Gasteiger charge is -2.31. The molecule has 1 fully saturated rings. The lowest BCUT2D eigenvalue weighted by molar-refractivity contribution is 0.0961. The van der Waals surface area contributed by atoms with Gasteiger partial charge in [-0.05, 0) is 48.9 Å². The summed E-state index contributed by atoms with van der Waals surface area (Å²) in [6.45, 7) is 4.93. The van der Waals surface area contributed by atoms with Gasteiger partial charge >= 0.3 is 0 Å². The third-order valence-electron chi connectivity index (χ3n) is 4.53. The first-order chi connectivity index (χ1) is 11.3. The molecule has 1 aliphatic heterocycles. The van der Waals surface area contributed by atoms with Gasteiger partial charge in [-0.25, -0.2) is 0 Å². The van der Waals surface area contributed by atoms with Gasteiger partial charge in [-0.1, -0.05) is 36.4 Å². The van der Waals surface area contributed by atoms with Gasteiger partial charge < -0.3 is 10.4 Å². The zero-order valence-corrected chi connectivity index (χ0v) is 15.6. The zero-order chi connectivity index (χ0) is 15.9. The van der Waals surface area contributed by atoms with E-state index in [1.807, 2.05) is 17.5 Å². The predicted molar refractivity (Wildman–Crippen MR) is 104 cm³/mol. The van der Waals surface area contributed by atoms with E-state index >= 15 is 0 Å². The fourth-order valence-electron chi connectivity index (χ4n) is 3.29. The number of benzene rings is 1. The first-order valence-electron chi connectivity index (χ1n) is 8.50. The van der Waals surface area contributed by atoms with Gasteiger partial charge in [-0.3, -0.25) is 4.90 Å². The average Bonchev–Trinajstić information content (AvgIpc) is 3.11. The maximum Gasteiger partial charge on any atom is 0.101 e. The smallest absolute Gasteiger partial charge is 0.101 e. The number of aliphatic hydroxyl groups is 1. The van der Waals surface area contributed by atoms with E-state index in [2.05, 4.69) is 40.5 Å². The molecule has 3 nitrogen and oxygen atoms in total. The Morgan fingerprint density at radius 2 is 1.88 bits per heavy atom. The largest absolute Gasteiger partial charge is 0.386 e. The van der Waals surface area contributed by atoms with Crippen molar-refractivity contribution in [1.82, 2.24) is 10.2 Å². The monoisotopic (exact) mass is 366 g/mol. The van der Waals surface area contributed by atoms with E-state index in [0.717, 1.165) is 37.0 Å². The summed E-state index contributed by atoms with van der Waals surface area (Å²) < 4.78 is 0. The van der Waals surface area contributed by atoms with Crippen LogP contribution in [0.1, 0.15) is 29.4 Å². The molecule has 5 heteroatoms. The quantitative estimate of drug-likeness (QED) is 0.784. The fourth-order valence-corrected chi connectivity index (χ4v) is 3.99. The first-order valence-corrected chi connectivity index (χ1v) is 9.37. The van der Waals surface area contributed by atoms with Gasteiger partial charge in [0.15, 0.2) is 0 Å². The van der Waals surface area contributed by atoms with Crippen molar-refractivity contribution in [3.63, 3.8) is 0 Å². The van der Waals surface area contributed by atoms with Crippen molar-refractivity contribution in [3.8, 4) is 0 Å². The van der Waals surface area contributed by atoms with Crippen molar-refractivity contribution < 1.29 is 5.11 Å². The lowest BCUT2D eigenvalue weighted by Crippen LogP contribution is -2.37. The minimum Gasteiger partial charge on any atom is -0.386 e. The van der Waals surface area contributed by atoms with E-state index in [1.165, 1.54) is 18.4 Å². The molecule has 132 valence electrons. The highest BCUT2D eigenvalue weighted by Gasteiger charge is 2.20. The number of piperidine rings is 1. The number of aliphatic hydroxyl groups excluding tert-OH is 1. The summed E-state index contributed by atoms with van der Waals surface area (Å²) in [5, 5.41) is 16.0. The molecular weight excluding hydrogens is 340 g/mol. The van der Waals surface area contributed by atoms with Crippen LogP contribution in [0.25, 0.3) is 0 Å². The molecule has 1 unspecified atom stereocenters. The second kappa shape index (κ2) is 10.2. The molecule has 2 N–H and O–H groups in total. The Bertz CT molecular complexity index is 558.